The molecule has 92 heavy (non-hydrogen) atoms. The fourth-order valence-electron chi connectivity index (χ4n) is 7.35. The zero-order valence-corrected chi connectivity index (χ0v) is 58.8. The predicted molar refractivity (Wildman–Crippen MR) is 376 cm³/mol. The second-order valence-corrected chi connectivity index (χ2v) is 21.0. The van der Waals surface area contributed by atoms with Crippen molar-refractivity contribution in [2.75, 3.05) is 39.6 Å². The molecule has 0 aromatic heterocycles. The molecule has 3 radical (unpaired) electrons. The first-order valence-electron chi connectivity index (χ1n) is 33.1. The normalized spacial score (nSPS) is 14.0. The first-order valence-corrected chi connectivity index (χ1v) is 33.1. The summed E-state index contributed by atoms with van der Waals surface area (Å²) in [6.45, 7) is 4.69. The molecule has 0 bridgehead atoms. The molecule has 0 fully saturated rings. The van der Waals surface area contributed by atoms with E-state index in [1.807, 2.05) is 36.5 Å². The summed E-state index contributed by atoms with van der Waals surface area (Å²) >= 11 is 0. The summed E-state index contributed by atoms with van der Waals surface area (Å²) in [5.41, 5.74) is 0. The Morgan fingerprint density at radius 3 is 0.957 bits per heavy atom. The monoisotopic (exact) mass is 1300 g/mol. The number of ether oxygens (including phenoxy) is 3. The molecule has 515 valence electrons. The number of aliphatic hydroxyl groups is 7. The summed E-state index contributed by atoms with van der Waals surface area (Å²) in [5, 5.41) is 72.1. The van der Waals surface area contributed by atoms with Crippen LogP contribution in [0, 0.1) is 0 Å². The third-order valence-electron chi connectivity index (χ3n) is 12.5. The number of carbonyl (C=O) groups excluding carboxylic acids is 3. The van der Waals surface area contributed by atoms with E-state index in [4.69, 9.17) is 50.1 Å². The molecular formula is C75H121BNaO15. The van der Waals surface area contributed by atoms with E-state index in [-0.39, 0.29) is 103 Å². The van der Waals surface area contributed by atoms with Gasteiger partial charge >= 0.3 is 47.5 Å². The van der Waals surface area contributed by atoms with Crippen LogP contribution in [-0.2, 0) is 33.5 Å². The van der Waals surface area contributed by atoms with E-state index in [9.17, 15) is 19.5 Å². The SMILES string of the molecule is CC/C=C\C/C=C\C/C=C\C/C=C\C/C=C\CCCCCC(=O)OCC(O)CO.CC/C=C\C/C=C\C/C=C\C/C=C\C=C\C(CCCCCC(=O)OCC(O)CO)OO.CC/C=C\C/C=C\C/C=C\C/C=C\C=C\C(O)CCCCCC(=O)OCC(O)CO.[B].[H-].[Na+]. The van der Waals surface area contributed by atoms with Crippen LogP contribution in [0.3, 0.4) is 0 Å². The van der Waals surface area contributed by atoms with Gasteiger partial charge < -0.3 is 51.4 Å². The quantitative estimate of drug-likeness (QED) is 0.00412. The molecule has 0 saturated carbocycles. The van der Waals surface area contributed by atoms with Crippen LogP contribution >= 0.6 is 0 Å². The maximum atomic E-state index is 11.5. The molecule has 0 aliphatic heterocycles. The van der Waals surface area contributed by atoms with E-state index in [1.165, 1.54) is 0 Å². The Labute approximate surface area is 581 Å². The summed E-state index contributed by atoms with van der Waals surface area (Å²) in [6.07, 6.45) is 82.7. The molecule has 5 atom stereocenters. The maximum absolute atomic E-state index is 11.5. The van der Waals surface area contributed by atoms with Crippen LogP contribution in [0.1, 0.15) is 202 Å². The van der Waals surface area contributed by atoms with Crippen molar-refractivity contribution in [1.82, 2.24) is 0 Å². The number of carbonyl (C=O) groups is 3. The second kappa shape index (κ2) is 82.3. The smallest absolute Gasteiger partial charge is 1.00 e. The molecule has 0 aromatic rings. The first kappa shape index (κ1) is 95.9. The Morgan fingerprint density at radius 2 is 0.641 bits per heavy atom. The van der Waals surface area contributed by atoms with Gasteiger partial charge in [0.1, 0.15) is 44.2 Å². The van der Waals surface area contributed by atoms with Crippen molar-refractivity contribution >= 4 is 26.3 Å². The number of rotatable bonds is 55. The van der Waals surface area contributed by atoms with Gasteiger partial charge in [-0.2, -0.15) is 0 Å². The van der Waals surface area contributed by atoms with Crippen molar-refractivity contribution in [3.05, 3.63) is 182 Å². The van der Waals surface area contributed by atoms with Crippen molar-refractivity contribution in [1.29, 1.82) is 0 Å². The van der Waals surface area contributed by atoms with Crippen molar-refractivity contribution in [3.63, 3.8) is 0 Å². The standard InChI is InChI=1S/C25H40O6.C25H40O5.C25H40O4.B.Na.H/c1-2-3-4-5-6-7-8-9-10-11-12-13-15-18-24(31-29)19-16-14-17-20-25(28)30-22-23(27)21-26;1-2-3-4-5-6-7-8-9-10-11-12-13-15-18-23(27)19-16-14-17-20-25(29)30-22-24(28)21-26;1-2-3-4-5-6-7-8-9-10-11-12-13-14-15-16-17-18-19-20-21-25(28)29-23-24(27)22-26;;;/h3-4,6-7,9-10,12-13,15,18,23-24,26-27,29H,2,5,8,11,14,16-17,19-22H2,1H3;3-4,6-7,9-10,12-13,15,18,23-24,26-28H,2,5,8,11,14,16-17,19-22H2,1H3;3-4,6-7,9-10,12-13,15-16,24,26-27H,2,5,8,11,14,17-23H2,1H3;;;/q;;;;+1;-1/b2*4-3-,7-6-,10-9-,13-12-,18-15+;4-3-,7-6-,10-9-,13-12-,16-15-;;;. The molecule has 0 aliphatic rings. The Kier molecular flexibility index (Phi) is 85.8. The summed E-state index contributed by atoms with van der Waals surface area (Å²) in [4.78, 5) is 38.7. The van der Waals surface area contributed by atoms with Gasteiger partial charge in [-0.1, -0.05) is 235 Å². The van der Waals surface area contributed by atoms with E-state index in [2.05, 4.69) is 159 Å². The average Bonchev–Trinajstić information content (AvgIpc) is 3.64. The van der Waals surface area contributed by atoms with E-state index in [1.54, 1.807) is 12.2 Å². The second-order valence-electron chi connectivity index (χ2n) is 21.0. The fraction of sp³-hybridized carbons (Fsp3) is 0.560. The first-order chi connectivity index (χ1) is 43.9. The van der Waals surface area contributed by atoms with Crippen molar-refractivity contribution in [2.24, 2.45) is 0 Å². The van der Waals surface area contributed by atoms with E-state index >= 15 is 0 Å². The largest absolute Gasteiger partial charge is 1.00 e. The zero-order valence-electron chi connectivity index (χ0n) is 57.8. The molecule has 0 rings (SSSR count). The van der Waals surface area contributed by atoms with Crippen molar-refractivity contribution < 1.29 is 105 Å². The van der Waals surface area contributed by atoms with Crippen LogP contribution in [-0.4, -0.2) is 137 Å². The van der Waals surface area contributed by atoms with E-state index in [0.717, 1.165) is 135 Å². The van der Waals surface area contributed by atoms with Gasteiger partial charge in [-0.25, -0.2) is 4.89 Å². The van der Waals surface area contributed by atoms with Gasteiger partial charge in [-0.15, -0.1) is 0 Å². The fourth-order valence-corrected chi connectivity index (χ4v) is 7.35. The molecule has 15 nitrogen and oxygen atoms in total. The predicted octanol–water partition coefficient (Wildman–Crippen LogP) is 11.9. The van der Waals surface area contributed by atoms with Gasteiger partial charge in [0.05, 0.1) is 25.9 Å². The van der Waals surface area contributed by atoms with Gasteiger partial charge in [0.25, 0.3) is 0 Å². The molecule has 8 N–H and O–H groups in total. The zero-order chi connectivity index (χ0) is 66.7. The van der Waals surface area contributed by atoms with Gasteiger partial charge in [0.2, 0.25) is 0 Å². The van der Waals surface area contributed by atoms with Crippen LogP contribution in [0.2, 0.25) is 0 Å². The number of hydrogen-bond donors (Lipinski definition) is 8. The number of unbranched alkanes of at least 4 members (excludes halogenated alkanes) is 7. The van der Waals surface area contributed by atoms with Crippen LogP contribution in [0.4, 0.5) is 0 Å². The molecule has 0 heterocycles. The van der Waals surface area contributed by atoms with Crippen LogP contribution in [0.25, 0.3) is 0 Å². The van der Waals surface area contributed by atoms with Crippen molar-refractivity contribution in [3.8, 4) is 0 Å². The molecule has 0 amide bonds. The van der Waals surface area contributed by atoms with Gasteiger partial charge in [0.15, 0.2) is 0 Å². The summed E-state index contributed by atoms with van der Waals surface area (Å²) < 4.78 is 14.5. The maximum Gasteiger partial charge on any atom is 1.00 e. The molecule has 0 saturated heterocycles. The van der Waals surface area contributed by atoms with Crippen LogP contribution < -0.4 is 29.6 Å². The van der Waals surface area contributed by atoms with Gasteiger partial charge in [-0.3, -0.25) is 19.6 Å². The third-order valence-corrected chi connectivity index (χ3v) is 12.5. The van der Waals surface area contributed by atoms with Gasteiger partial charge in [0, 0.05) is 27.7 Å². The molecule has 0 aliphatic carbocycles. The molecule has 0 spiro atoms. The average molecular weight is 1300 g/mol. The third kappa shape index (κ3) is 83.2. The topological polar surface area (TPSA) is 250 Å². The Morgan fingerprint density at radius 1 is 0.359 bits per heavy atom. The molecular weight excluding hydrogens is 1170 g/mol. The number of esters is 3. The number of allylic oxidation sites excluding steroid dienone is 28. The molecule has 17 heteroatoms. The molecule has 0 aromatic carbocycles. The van der Waals surface area contributed by atoms with Gasteiger partial charge in [-0.05, 0) is 128 Å². The minimum absolute atomic E-state index is 0. The summed E-state index contributed by atoms with van der Waals surface area (Å²) in [5.74, 6) is -1.07. The summed E-state index contributed by atoms with van der Waals surface area (Å²) in [6, 6.07) is 0. The Balaban J connectivity index is -0.000000301. The van der Waals surface area contributed by atoms with Crippen LogP contribution in [0.5, 0.6) is 0 Å². The minimum Gasteiger partial charge on any atom is -1.00 e. The Bertz CT molecular complexity index is 2110. The van der Waals surface area contributed by atoms with Crippen LogP contribution in [0.15, 0.2) is 182 Å². The van der Waals surface area contributed by atoms with E-state index < -0.39 is 37.6 Å². The Hall–Kier alpha value is -4.79. The number of hydrogen-bond acceptors (Lipinski definition) is 15. The summed E-state index contributed by atoms with van der Waals surface area (Å²) in [7, 11) is 0. The number of aliphatic hydroxyl groups excluding tert-OH is 7. The minimum atomic E-state index is -1.02. The van der Waals surface area contributed by atoms with E-state index in [0.29, 0.717) is 32.1 Å². The van der Waals surface area contributed by atoms with Crippen molar-refractivity contribution in [2.45, 2.75) is 231 Å². The molecule has 5 unspecified atom stereocenters.